The molecule has 180 valence electrons. The van der Waals surface area contributed by atoms with Crippen LogP contribution in [0.2, 0.25) is 0 Å². The monoisotopic (exact) mass is 485 g/mol. The number of ether oxygens (including phenoxy) is 2. The number of nitrogens with zero attached hydrogens (tertiary/aromatic N) is 2. The van der Waals surface area contributed by atoms with Crippen molar-refractivity contribution in [2.45, 2.75) is 32.6 Å². The molecule has 0 unspecified atom stereocenters. The van der Waals surface area contributed by atoms with Crippen LogP contribution in [0.1, 0.15) is 38.2 Å². The SMILES string of the molecule is CCCCCCOc1ccc(/C=N\Nc2nc(-c3ccccc3)c(-c3ccccc3)s2)cc1OC. The normalized spacial score (nSPS) is 11.0. The molecule has 0 bridgehead atoms. The van der Waals surface area contributed by atoms with Gasteiger partial charge in [0.15, 0.2) is 11.5 Å². The number of unbranched alkanes of at least 4 members (excludes halogenated alkanes) is 3. The van der Waals surface area contributed by atoms with Crippen molar-refractivity contribution < 1.29 is 9.47 Å². The summed E-state index contributed by atoms with van der Waals surface area (Å²) in [5.41, 5.74) is 7.18. The van der Waals surface area contributed by atoms with Crippen LogP contribution in [-0.4, -0.2) is 24.9 Å². The fourth-order valence-electron chi connectivity index (χ4n) is 3.70. The number of rotatable bonds is 12. The molecule has 0 amide bonds. The Morgan fingerprint density at radius 2 is 1.63 bits per heavy atom. The van der Waals surface area contributed by atoms with Gasteiger partial charge in [0.1, 0.15) is 0 Å². The minimum Gasteiger partial charge on any atom is -0.493 e. The molecular weight excluding hydrogens is 454 g/mol. The van der Waals surface area contributed by atoms with E-state index in [9.17, 15) is 0 Å². The predicted octanol–water partition coefficient (Wildman–Crippen LogP) is 7.89. The van der Waals surface area contributed by atoms with Gasteiger partial charge in [-0.3, -0.25) is 5.43 Å². The molecule has 0 saturated carbocycles. The molecule has 0 spiro atoms. The second-order valence-corrected chi connectivity index (χ2v) is 9.12. The molecule has 1 N–H and O–H groups in total. The van der Waals surface area contributed by atoms with Crippen molar-refractivity contribution in [3.8, 4) is 33.2 Å². The summed E-state index contributed by atoms with van der Waals surface area (Å²) in [6.45, 7) is 2.90. The molecule has 4 aromatic rings. The summed E-state index contributed by atoms with van der Waals surface area (Å²) < 4.78 is 11.4. The minimum absolute atomic E-state index is 0.697. The standard InChI is InChI=1S/C29H31N3O2S/c1-3-4-5-12-19-34-25-18-17-22(20-26(25)33-2)21-30-32-29-31-27(23-13-8-6-9-14-23)28(35-29)24-15-10-7-11-16-24/h6-11,13-18,20-21H,3-5,12,19H2,1-2H3,(H,31,32)/b30-21-. The highest BCUT2D eigenvalue weighted by atomic mass is 32.1. The maximum atomic E-state index is 5.91. The van der Waals surface area contributed by atoms with E-state index in [1.54, 1.807) is 24.7 Å². The molecule has 0 radical (unpaired) electrons. The Bertz CT molecular complexity index is 1170. The van der Waals surface area contributed by atoms with Gasteiger partial charge in [0.05, 0.1) is 30.5 Å². The van der Waals surface area contributed by atoms with Crippen LogP contribution in [0.25, 0.3) is 21.7 Å². The average Bonchev–Trinajstić information content (AvgIpc) is 3.34. The highest BCUT2D eigenvalue weighted by Gasteiger charge is 2.14. The number of methoxy groups -OCH3 is 1. The molecule has 0 fully saturated rings. The van der Waals surface area contributed by atoms with Crippen LogP contribution in [0.3, 0.4) is 0 Å². The first-order chi connectivity index (χ1) is 17.3. The molecule has 1 aromatic heterocycles. The molecule has 1 heterocycles. The van der Waals surface area contributed by atoms with Crippen LogP contribution < -0.4 is 14.9 Å². The Kier molecular flexibility index (Phi) is 8.90. The summed E-state index contributed by atoms with van der Waals surface area (Å²) in [5, 5.41) is 5.17. The first kappa shape index (κ1) is 24.5. The van der Waals surface area contributed by atoms with Crippen molar-refractivity contribution in [3.05, 3.63) is 84.4 Å². The Balaban J connectivity index is 1.47. The molecule has 0 aliphatic heterocycles. The Hall–Kier alpha value is -3.64. The lowest BCUT2D eigenvalue weighted by atomic mass is 10.1. The quantitative estimate of drug-likeness (QED) is 0.126. The van der Waals surface area contributed by atoms with Crippen LogP contribution in [0, 0.1) is 0 Å². The van der Waals surface area contributed by atoms with Gasteiger partial charge in [0.2, 0.25) is 5.13 Å². The van der Waals surface area contributed by atoms with Gasteiger partial charge in [-0.15, -0.1) is 0 Å². The fourth-order valence-corrected chi connectivity index (χ4v) is 4.64. The molecule has 4 rings (SSSR count). The number of thiazole rings is 1. The second-order valence-electron chi connectivity index (χ2n) is 8.12. The van der Waals surface area contributed by atoms with Gasteiger partial charge in [-0.1, -0.05) is 98.2 Å². The summed E-state index contributed by atoms with van der Waals surface area (Å²) in [7, 11) is 1.66. The largest absolute Gasteiger partial charge is 0.493 e. The van der Waals surface area contributed by atoms with Crippen molar-refractivity contribution in [1.82, 2.24) is 4.98 Å². The second kappa shape index (κ2) is 12.7. The fraction of sp³-hybridized carbons (Fsp3) is 0.241. The first-order valence-electron chi connectivity index (χ1n) is 12.0. The summed E-state index contributed by atoms with van der Waals surface area (Å²) in [4.78, 5) is 5.95. The number of hydrogen-bond acceptors (Lipinski definition) is 6. The highest BCUT2D eigenvalue weighted by Crippen LogP contribution is 2.38. The minimum atomic E-state index is 0.697. The van der Waals surface area contributed by atoms with Crippen molar-refractivity contribution >= 4 is 22.7 Å². The van der Waals surface area contributed by atoms with E-state index in [-0.39, 0.29) is 0 Å². The van der Waals surface area contributed by atoms with E-state index in [0.29, 0.717) is 12.4 Å². The Morgan fingerprint density at radius 1 is 0.886 bits per heavy atom. The summed E-state index contributed by atoms with van der Waals surface area (Å²) in [6, 6.07) is 26.4. The number of aromatic nitrogens is 1. The smallest absolute Gasteiger partial charge is 0.204 e. The van der Waals surface area contributed by atoms with Gasteiger partial charge < -0.3 is 9.47 Å². The third-order valence-electron chi connectivity index (χ3n) is 5.53. The van der Waals surface area contributed by atoms with E-state index < -0.39 is 0 Å². The first-order valence-corrected chi connectivity index (χ1v) is 12.8. The molecule has 6 heteroatoms. The van der Waals surface area contributed by atoms with Crippen LogP contribution in [-0.2, 0) is 0 Å². The van der Waals surface area contributed by atoms with E-state index in [4.69, 9.17) is 14.5 Å². The van der Waals surface area contributed by atoms with Crippen LogP contribution >= 0.6 is 11.3 Å². The number of hydrogen-bond donors (Lipinski definition) is 1. The Labute approximate surface area is 211 Å². The van der Waals surface area contributed by atoms with Crippen LogP contribution in [0.4, 0.5) is 5.13 Å². The van der Waals surface area contributed by atoms with Crippen molar-refractivity contribution in [1.29, 1.82) is 0 Å². The van der Waals surface area contributed by atoms with Crippen LogP contribution in [0.15, 0.2) is 84.0 Å². The lowest BCUT2D eigenvalue weighted by molar-refractivity contribution is 0.285. The van der Waals surface area contributed by atoms with Gasteiger partial charge in [0.25, 0.3) is 0 Å². The van der Waals surface area contributed by atoms with E-state index in [2.05, 4.69) is 41.7 Å². The zero-order valence-corrected chi connectivity index (χ0v) is 21.1. The summed E-state index contributed by atoms with van der Waals surface area (Å²) in [6.07, 6.45) is 6.45. The van der Waals surface area contributed by atoms with Gasteiger partial charge in [-0.25, -0.2) is 4.98 Å². The van der Waals surface area contributed by atoms with Gasteiger partial charge >= 0.3 is 0 Å². The number of nitrogens with one attached hydrogen (secondary N) is 1. The number of benzene rings is 3. The molecule has 0 aliphatic carbocycles. The Morgan fingerprint density at radius 3 is 2.34 bits per heavy atom. The maximum absolute atomic E-state index is 5.91. The summed E-state index contributed by atoms with van der Waals surface area (Å²) >= 11 is 1.59. The molecule has 0 saturated heterocycles. The third kappa shape index (κ3) is 6.70. The molecular formula is C29H31N3O2S. The lowest BCUT2D eigenvalue weighted by Crippen LogP contribution is -2.00. The zero-order valence-electron chi connectivity index (χ0n) is 20.2. The predicted molar refractivity (Wildman–Crippen MR) is 147 cm³/mol. The van der Waals surface area contributed by atoms with E-state index >= 15 is 0 Å². The van der Waals surface area contributed by atoms with Gasteiger partial charge in [-0.05, 0) is 35.7 Å². The molecule has 35 heavy (non-hydrogen) atoms. The zero-order chi connectivity index (χ0) is 24.3. The maximum Gasteiger partial charge on any atom is 0.204 e. The average molecular weight is 486 g/mol. The van der Waals surface area contributed by atoms with Gasteiger partial charge in [-0.2, -0.15) is 5.10 Å². The highest BCUT2D eigenvalue weighted by molar-refractivity contribution is 7.19. The number of hydrazone groups is 1. The topological polar surface area (TPSA) is 55.7 Å². The third-order valence-corrected chi connectivity index (χ3v) is 6.54. The molecule has 0 atom stereocenters. The summed E-state index contributed by atoms with van der Waals surface area (Å²) in [5.74, 6) is 1.46. The van der Waals surface area contributed by atoms with Crippen LogP contribution in [0.5, 0.6) is 11.5 Å². The van der Waals surface area contributed by atoms with Gasteiger partial charge in [0, 0.05) is 5.56 Å². The van der Waals surface area contributed by atoms with Crippen molar-refractivity contribution in [2.24, 2.45) is 5.10 Å². The van der Waals surface area contributed by atoms with Crippen molar-refractivity contribution in [2.75, 3.05) is 19.1 Å². The number of anilines is 1. The lowest BCUT2D eigenvalue weighted by Gasteiger charge is -2.11. The van der Waals surface area contributed by atoms with Crippen molar-refractivity contribution in [3.63, 3.8) is 0 Å². The molecule has 0 aliphatic rings. The molecule has 5 nitrogen and oxygen atoms in total. The van der Waals surface area contributed by atoms with E-state index in [1.165, 1.54) is 19.3 Å². The van der Waals surface area contributed by atoms with E-state index in [0.717, 1.165) is 44.6 Å². The molecule has 3 aromatic carbocycles. The van der Waals surface area contributed by atoms with E-state index in [1.807, 2.05) is 54.6 Å².